The van der Waals surface area contributed by atoms with Gasteiger partial charge in [-0.2, -0.15) is 4.37 Å². The number of aromatic nitrogens is 2. The van der Waals surface area contributed by atoms with Crippen molar-refractivity contribution < 1.29 is 5.11 Å². The molecule has 0 bridgehead atoms. The average Bonchev–Trinajstić information content (AvgIpc) is 2.95. The van der Waals surface area contributed by atoms with Crippen LogP contribution >= 0.6 is 11.5 Å². The highest BCUT2D eigenvalue weighted by Gasteiger charge is 2.26. The van der Waals surface area contributed by atoms with Crippen molar-refractivity contribution in [1.82, 2.24) is 9.36 Å². The van der Waals surface area contributed by atoms with Gasteiger partial charge in [-0.15, -0.1) is 0 Å². The van der Waals surface area contributed by atoms with Gasteiger partial charge in [-0.3, -0.25) is 0 Å². The van der Waals surface area contributed by atoms with Crippen molar-refractivity contribution in [3.8, 4) is 0 Å². The minimum Gasteiger partial charge on any atom is -0.388 e. The van der Waals surface area contributed by atoms with Crippen molar-refractivity contribution in [1.29, 1.82) is 0 Å². The maximum absolute atomic E-state index is 10.6. The zero-order chi connectivity index (χ0) is 16.1. The molecule has 2 unspecified atom stereocenters. The predicted octanol–water partition coefficient (Wildman–Crippen LogP) is 3.97. The molecule has 1 aromatic carbocycles. The Hall–Kier alpha value is -1.46. The first kappa shape index (κ1) is 16.4. The molecule has 1 aliphatic heterocycles. The summed E-state index contributed by atoms with van der Waals surface area (Å²) in [6, 6.07) is 10.3. The molecule has 4 nitrogen and oxygen atoms in total. The largest absolute Gasteiger partial charge is 0.388 e. The average molecular weight is 331 g/mol. The minimum absolute atomic E-state index is 0.338. The maximum Gasteiger partial charge on any atom is 0.205 e. The standard InChI is InChI=1S/C18H25N3OS/c1-2-17-19-18(23-20-17)21-12-8-4-7-11-15(21)13-16(22)14-9-5-3-6-10-14/h3,5-6,9-10,15-16,22H,2,4,7-8,11-13H2,1H3. The molecule has 1 fully saturated rings. The summed E-state index contributed by atoms with van der Waals surface area (Å²) in [6.45, 7) is 3.11. The molecule has 0 saturated carbocycles. The Morgan fingerprint density at radius 2 is 2.09 bits per heavy atom. The van der Waals surface area contributed by atoms with Crippen molar-refractivity contribution in [3.05, 3.63) is 41.7 Å². The van der Waals surface area contributed by atoms with Gasteiger partial charge in [0.1, 0.15) is 5.82 Å². The SMILES string of the molecule is CCc1nsc(N2CCCCCC2CC(O)c2ccccc2)n1. The number of aliphatic hydroxyl groups excluding tert-OH is 1. The first-order chi connectivity index (χ1) is 11.3. The molecule has 1 aromatic heterocycles. The zero-order valence-corrected chi connectivity index (χ0v) is 14.5. The molecule has 2 atom stereocenters. The Balaban J connectivity index is 1.76. The number of hydrogen-bond donors (Lipinski definition) is 1. The fraction of sp³-hybridized carbons (Fsp3) is 0.556. The van der Waals surface area contributed by atoms with Gasteiger partial charge in [-0.1, -0.05) is 50.1 Å². The van der Waals surface area contributed by atoms with E-state index < -0.39 is 6.10 Å². The van der Waals surface area contributed by atoms with Crippen LogP contribution in [0.25, 0.3) is 0 Å². The van der Waals surface area contributed by atoms with Gasteiger partial charge >= 0.3 is 0 Å². The molecule has 23 heavy (non-hydrogen) atoms. The molecule has 124 valence electrons. The number of hydrogen-bond acceptors (Lipinski definition) is 5. The van der Waals surface area contributed by atoms with E-state index in [9.17, 15) is 5.11 Å². The summed E-state index contributed by atoms with van der Waals surface area (Å²) in [7, 11) is 0. The van der Waals surface area contributed by atoms with Gasteiger partial charge in [0.25, 0.3) is 0 Å². The van der Waals surface area contributed by atoms with Gasteiger partial charge in [0, 0.05) is 30.5 Å². The molecule has 2 heterocycles. The van der Waals surface area contributed by atoms with Crippen LogP contribution < -0.4 is 4.90 Å². The van der Waals surface area contributed by atoms with E-state index in [2.05, 4.69) is 21.2 Å². The fourth-order valence-electron chi connectivity index (χ4n) is 3.25. The van der Waals surface area contributed by atoms with E-state index in [4.69, 9.17) is 0 Å². The molecular formula is C18H25N3OS. The van der Waals surface area contributed by atoms with Crippen molar-refractivity contribution >= 4 is 16.7 Å². The number of aliphatic hydroxyl groups is 1. The molecular weight excluding hydrogens is 306 g/mol. The van der Waals surface area contributed by atoms with Crippen molar-refractivity contribution in [2.75, 3.05) is 11.4 Å². The number of rotatable bonds is 5. The van der Waals surface area contributed by atoms with E-state index in [1.54, 1.807) is 0 Å². The highest BCUT2D eigenvalue weighted by molar-refractivity contribution is 7.09. The van der Waals surface area contributed by atoms with Crippen molar-refractivity contribution in [3.63, 3.8) is 0 Å². The van der Waals surface area contributed by atoms with E-state index in [1.807, 2.05) is 30.3 Å². The van der Waals surface area contributed by atoms with Crippen LogP contribution in [-0.4, -0.2) is 27.1 Å². The van der Waals surface area contributed by atoms with Crippen molar-refractivity contribution in [2.24, 2.45) is 0 Å². The normalized spacial score (nSPS) is 20.3. The molecule has 0 amide bonds. The summed E-state index contributed by atoms with van der Waals surface area (Å²) in [6.07, 6.45) is 6.01. The Kier molecular flexibility index (Phi) is 5.62. The first-order valence-electron chi connectivity index (χ1n) is 8.60. The quantitative estimate of drug-likeness (QED) is 0.900. The number of aryl methyl sites for hydroxylation is 1. The molecule has 0 radical (unpaired) electrons. The lowest BCUT2D eigenvalue weighted by molar-refractivity contribution is 0.155. The van der Waals surface area contributed by atoms with Gasteiger partial charge in [-0.05, 0) is 24.8 Å². The summed E-state index contributed by atoms with van der Waals surface area (Å²) >= 11 is 1.50. The van der Waals surface area contributed by atoms with Gasteiger partial charge in [0.15, 0.2) is 0 Å². The fourth-order valence-corrected chi connectivity index (χ4v) is 4.10. The van der Waals surface area contributed by atoms with E-state index >= 15 is 0 Å². The predicted molar refractivity (Wildman–Crippen MR) is 94.9 cm³/mol. The smallest absolute Gasteiger partial charge is 0.205 e. The summed E-state index contributed by atoms with van der Waals surface area (Å²) in [5, 5.41) is 11.6. The Labute approximate surface area is 142 Å². The third kappa shape index (κ3) is 4.09. The second kappa shape index (κ2) is 7.88. The van der Waals surface area contributed by atoms with Gasteiger partial charge < -0.3 is 10.0 Å². The summed E-state index contributed by atoms with van der Waals surface area (Å²) in [5.41, 5.74) is 1.00. The van der Waals surface area contributed by atoms with Crippen LogP contribution in [0.5, 0.6) is 0 Å². The molecule has 3 rings (SSSR count). The molecule has 1 aliphatic rings. The Morgan fingerprint density at radius 3 is 2.83 bits per heavy atom. The maximum atomic E-state index is 10.6. The van der Waals surface area contributed by atoms with Crippen LogP contribution in [0.2, 0.25) is 0 Å². The summed E-state index contributed by atoms with van der Waals surface area (Å²) in [5.74, 6) is 0.927. The van der Waals surface area contributed by atoms with E-state index in [0.717, 1.165) is 42.3 Å². The number of nitrogens with zero attached hydrogens (tertiary/aromatic N) is 3. The molecule has 0 aliphatic carbocycles. The monoisotopic (exact) mass is 331 g/mol. The lowest BCUT2D eigenvalue weighted by atomic mass is 9.98. The lowest BCUT2D eigenvalue weighted by Crippen LogP contribution is -2.36. The number of benzene rings is 1. The van der Waals surface area contributed by atoms with Crippen LogP contribution in [0, 0.1) is 0 Å². The van der Waals surface area contributed by atoms with Crippen LogP contribution in [0.15, 0.2) is 30.3 Å². The van der Waals surface area contributed by atoms with Gasteiger partial charge in [0.2, 0.25) is 5.13 Å². The third-order valence-corrected chi connectivity index (χ3v) is 5.37. The van der Waals surface area contributed by atoms with Crippen LogP contribution in [0.3, 0.4) is 0 Å². The second-order valence-electron chi connectivity index (χ2n) is 6.21. The summed E-state index contributed by atoms with van der Waals surface area (Å²) in [4.78, 5) is 7.06. The van der Waals surface area contributed by atoms with Crippen LogP contribution in [-0.2, 0) is 6.42 Å². The highest BCUT2D eigenvalue weighted by atomic mass is 32.1. The number of anilines is 1. The zero-order valence-electron chi connectivity index (χ0n) is 13.7. The summed E-state index contributed by atoms with van der Waals surface area (Å²) < 4.78 is 4.44. The minimum atomic E-state index is -0.416. The third-order valence-electron chi connectivity index (χ3n) is 4.58. The molecule has 5 heteroatoms. The topological polar surface area (TPSA) is 49.2 Å². The van der Waals surface area contributed by atoms with Crippen molar-refractivity contribution in [2.45, 2.75) is 57.6 Å². The first-order valence-corrected chi connectivity index (χ1v) is 9.37. The Bertz CT molecular complexity index is 601. The Morgan fingerprint density at radius 1 is 1.26 bits per heavy atom. The van der Waals surface area contributed by atoms with Gasteiger partial charge in [-0.25, -0.2) is 4.98 Å². The molecule has 1 N–H and O–H groups in total. The van der Waals surface area contributed by atoms with E-state index in [0.29, 0.717) is 6.04 Å². The van der Waals surface area contributed by atoms with Crippen LogP contribution in [0.1, 0.15) is 56.5 Å². The molecule has 0 spiro atoms. The second-order valence-corrected chi connectivity index (χ2v) is 6.94. The molecule has 1 saturated heterocycles. The van der Waals surface area contributed by atoms with E-state index in [-0.39, 0.29) is 0 Å². The van der Waals surface area contributed by atoms with Crippen LogP contribution in [0.4, 0.5) is 5.13 Å². The van der Waals surface area contributed by atoms with E-state index in [1.165, 1.54) is 30.8 Å². The molecule has 2 aromatic rings. The lowest BCUT2D eigenvalue weighted by Gasteiger charge is -2.31. The highest BCUT2D eigenvalue weighted by Crippen LogP contribution is 2.31. The van der Waals surface area contributed by atoms with Gasteiger partial charge in [0.05, 0.1) is 6.10 Å².